The van der Waals surface area contributed by atoms with E-state index in [2.05, 4.69) is 20.5 Å². The van der Waals surface area contributed by atoms with E-state index in [0.29, 0.717) is 12.1 Å². The predicted octanol–water partition coefficient (Wildman–Crippen LogP) is 2.00. The third-order valence-electron chi connectivity index (χ3n) is 5.33. The minimum atomic E-state index is 0.506. The fraction of sp³-hybridized carbons (Fsp3) is 0.947. The highest BCUT2D eigenvalue weighted by atomic mass is 16.5. The summed E-state index contributed by atoms with van der Waals surface area (Å²) < 4.78 is 11.2. The Morgan fingerprint density at radius 1 is 1.08 bits per heavy atom. The molecule has 6 heteroatoms. The van der Waals surface area contributed by atoms with Gasteiger partial charge < -0.3 is 20.1 Å². The quantitative estimate of drug-likeness (QED) is 0.357. The van der Waals surface area contributed by atoms with Crippen LogP contribution in [0.5, 0.6) is 0 Å². The lowest BCUT2D eigenvalue weighted by atomic mass is 9.98. The number of nitrogens with zero attached hydrogens (tertiary/aromatic N) is 2. The van der Waals surface area contributed by atoms with Crippen molar-refractivity contribution in [3.63, 3.8) is 0 Å². The zero-order valence-electron chi connectivity index (χ0n) is 16.3. The average molecular weight is 355 g/mol. The second-order valence-corrected chi connectivity index (χ2v) is 7.19. The Morgan fingerprint density at radius 2 is 1.92 bits per heavy atom. The summed E-state index contributed by atoms with van der Waals surface area (Å²) in [6.45, 7) is 5.71. The van der Waals surface area contributed by atoms with Gasteiger partial charge in [0.05, 0.1) is 12.7 Å². The van der Waals surface area contributed by atoms with Crippen molar-refractivity contribution in [3.8, 4) is 0 Å². The van der Waals surface area contributed by atoms with Crippen molar-refractivity contribution in [1.29, 1.82) is 0 Å². The van der Waals surface area contributed by atoms with Crippen LogP contribution in [0.4, 0.5) is 0 Å². The Morgan fingerprint density at radius 3 is 2.68 bits per heavy atom. The zero-order chi connectivity index (χ0) is 17.7. The third-order valence-corrected chi connectivity index (χ3v) is 5.33. The molecule has 25 heavy (non-hydrogen) atoms. The Balaban J connectivity index is 1.54. The van der Waals surface area contributed by atoms with E-state index < -0.39 is 0 Å². The van der Waals surface area contributed by atoms with Crippen LogP contribution in [0.15, 0.2) is 4.99 Å². The van der Waals surface area contributed by atoms with Crippen LogP contribution in [-0.2, 0) is 9.47 Å². The Labute approximate surface area is 153 Å². The summed E-state index contributed by atoms with van der Waals surface area (Å²) in [6, 6.07) is 0.586. The highest BCUT2D eigenvalue weighted by molar-refractivity contribution is 5.79. The van der Waals surface area contributed by atoms with Gasteiger partial charge in [-0.1, -0.05) is 19.3 Å². The van der Waals surface area contributed by atoms with E-state index in [1.807, 2.05) is 7.05 Å². The molecule has 0 radical (unpaired) electrons. The second kappa shape index (κ2) is 12.5. The summed E-state index contributed by atoms with van der Waals surface area (Å²) in [6.07, 6.45) is 10.6. The van der Waals surface area contributed by atoms with Gasteiger partial charge in [0, 0.05) is 46.4 Å². The van der Waals surface area contributed by atoms with E-state index in [4.69, 9.17) is 9.47 Å². The minimum absolute atomic E-state index is 0.506. The number of aliphatic imine (C=N–C) groups is 1. The molecule has 146 valence electrons. The molecule has 1 aliphatic heterocycles. The molecular formula is C19H38N4O2. The summed E-state index contributed by atoms with van der Waals surface area (Å²) in [5.74, 6) is 0.899. The van der Waals surface area contributed by atoms with Gasteiger partial charge >= 0.3 is 0 Å². The number of hydrogen-bond donors (Lipinski definition) is 2. The third kappa shape index (κ3) is 7.92. The van der Waals surface area contributed by atoms with Gasteiger partial charge in [0.2, 0.25) is 0 Å². The fourth-order valence-corrected chi connectivity index (χ4v) is 3.83. The molecule has 0 aromatic carbocycles. The van der Waals surface area contributed by atoms with Crippen LogP contribution in [0.1, 0.15) is 51.4 Å². The van der Waals surface area contributed by atoms with Gasteiger partial charge in [-0.2, -0.15) is 0 Å². The van der Waals surface area contributed by atoms with Crippen molar-refractivity contribution >= 4 is 5.96 Å². The van der Waals surface area contributed by atoms with Crippen LogP contribution in [-0.4, -0.2) is 76.6 Å². The Kier molecular flexibility index (Phi) is 10.2. The van der Waals surface area contributed by atoms with E-state index in [9.17, 15) is 0 Å². The van der Waals surface area contributed by atoms with Crippen LogP contribution in [0.25, 0.3) is 0 Å². The summed E-state index contributed by atoms with van der Waals surface area (Å²) in [4.78, 5) is 6.85. The van der Waals surface area contributed by atoms with Crippen LogP contribution in [0.2, 0.25) is 0 Å². The maximum atomic E-state index is 5.97. The zero-order valence-corrected chi connectivity index (χ0v) is 16.3. The molecule has 1 aliphatic carbocycles. The molecule has 2 fully saturated rings. The molecule has 2 rings (SSSR count). The smallest absolute Gasteiger partial charge is 0.191 e. The van der Waals surface area contributed by atoms with E-state index in [-0.39, 0.29) is 0 Å². The molecule has 1 saturated heterocycles. The molecule has 0 aromatic heterocycles. The standard InChI is InChI=1S/C19H38N4O2/c1-20-19(21-11-7-14-25-18-9-4-3-5-10-18)22-16-17-8-6-12-23(17)13-15-24-2/h17-18H,3-16H2,1-2H3,(H2,20,21,22). The van der Waals surface area contributed by atoms with Crippen LogP contribution in [0, 0.1) is 0 Å². The van der Waals surface area contributed by atoms with Crippen molar-refractivity contribution in [1.82, 2.24) is 15.5 Å². The van der Waals surface area contributed by atoms with E-state index in [0.717, 1.165) is 45.2 Å². The Hall–Kier alpha value is -0.850. The summed E-state index contributed by atoms with van der Waals surface area (Å²) in [5.41, 5.74) is 0. The molecule has 2 aliphatic rings. The van der Waals surface area contributed by atoms with Crippen molar-refractivity contribution in [2.45, 2.75) is 63.5 Å². The first-order chi connectivity index (χ1) is 12.3. The minimum Gasteiger partial charge on any atom is -0.383 e. The average Bonchev–Trinajstić information content (AvgIpc) is 3.10. The second-order valence-electron chi connectivity index (χ2n) is 7.19. The first-order valence-corrected chi connectivity index (χ1v) is 10.1. The molecular weight excluding hydrogens is 316 g/mol. The number of ether oxygens (including phenoxy) is 2. The SMILES string of the molecule is CN=C(NCCCOC1CCCCC1)NCC1CCCN1CCOC. The number of guanidine groups is 1. The van der Waals surface area contributed by atoms with Gasteiger partial charge in [0.1, 0.15) is 0 Å². The highest BCUT2D eigenvalue weighted by Crippen LogP contribution is 2.20. The van der Waals surface area contributed by atoms with Crippen molar-refractivity contribution in [2.24, 2.45) is 4.99 Å². The van der Waals surface area contributed by atoms with Gasteiger partial charge in [-0.25, -0.2) is 0 Å². The maximum absolute atomic E-state index is 5.97. The predicted molar refractivity (Wildman–Crippen MR) is 103 cm³/mol. The number of nitrogens with one attached hydrogen (secondary N) is 2. The Bertz CT molecular complexity index is 372. The first kappa shape index (κ1) is 20.5. The number of rotatable bonds is 10. The number of methoxy groups -OCH3 is 1. The normalized spacial score (nSPS) is 23.1. The summed E-state index contributed by atoms with van der Waals surface area (Å²) in [7, 11) is 3.61. The first-order valence-electron chi connectivity index (χ1n) is 10.1. The van der Waals surface area contributed by atoms with Gasteiger partial charge in [-0.05, 0) is 38.6 Å². The molecule has 0 aromatic rings. The van der Waals surface area contributed by atoms with Crippen LogP contribution < -0.4 is 10.6 Å². The molecule has 1 atom stereocenters. The lowest BCUT2D eigenvalue weighted by Crippen LogP contribution is -2.45. The van der Waals surface area contributed by atoms with E-state index in [1.165, 1.54) is 51.5 Å². The van der Waals surface area contributed by atoms with Crippen molar-refractivity contribution in [2.75, 3.05) is 53.6 Å². The van der Waals surface area contributed by atoms with Gasteiger partial charge in [-0.3, -0.25) is 9.89 Å². The fourth-order valence-electron chi connectivity index (χ4n) is 3.83. The van der Waals surface area contributed by atoms with E-state index >= 15 is 0 Å². The largest absolute Gasteiger partial charge is 0.383 e. The molecule has 6 nitrogen and oxygen atoms in total. The molecule has 1 heterocycles. The topological polar surface area (TPSA) is 58.1 Å². The lowest BCUT2D eigenvalue weighted by molar-refractivity contribution is 0.0277. The number of hydrogen-bond acceptors (Lipinski definition) is 4. The van der Waals surface area contributed by atoms with Crippen molar-refractivity contribution in [3.05, 3.63) is 0 Å². The molecule has 2 N–H and O–H groups in total. The molecule has 1 saturated carbocycles. The molecule has 0 amide bonds. The molecule has 0 bridgehead atoms. The summed E-state index contributed by atoms with van der Waals surface area (Å²) in [5, 5.41) is 6.88. The molecule has 0 spiro atoms. The van der Waals surface area contributed by atoms with E-state index in [1.54, 1.807) is 7.11 Å². The monoisotopic (exact) mass is 354 g/mol. The lowest BCUT2D eigenvalue weighted by Gasteiger charge is -2.25. The summed E-state index contributed by atoms with van der Waals surface area (Å²) >= 11 is 0. The van der Waals surface area contributed by atoms with Crippen LogP contribution >= 0.6 is 0 Å². The van der Waals surface area contributed by atoms with Crippen LogP contribution in [0.3, 0.4) is 0 Å². The van der Waals surface area contributed by atoms with Gasteiger partial charge in [0.25, 0.3) is 0 Å². The highest BCUT2D eigenvalue weighted by Gasteiger charge is 2.23. The molecule has 1 unspecified atom stereocenters. The maximum Gasteiger partial charge on any atom is 0.191 e. The van der Waals surface area contributed by atoms with Gasteiger partial charge in [-0.15, -0.1) is 0 Å². The number of likely N-dealkylation sites (tertiary alicyclic amines) is 1. The van der Waals surface area contributed by atoms with Crippen molar-refractivity contribution < 1.29 is 9.47 Å². The van der Waals surface area contributed by atoms with Gasteiger partial charge in [0.15, 0.2) is 5.96 Å².